The van der Waals surface area contributed by atoms with Crippen molar-refractivity contribution >= 4 is 16.8 Å². The van der Waals surface area contributed by atoms with Crippen LogP contribution in [0.25, 0.3) is 0 Å². The number of nitrogens with one attached hydrogen (secondary N) is 1. The highest BCUT2D eigenvalue weighted by Crippen LogP contribution is 1.97. The van der Waals surface area contributed by atoms with Crippen LogP contribution < -0.4 is 5.32 Å². The van der Waals surface area contributed by atoms with Crippen LogP contribution in [0.3, 0.4) is 0 Å². The van der Waals surface area contributed by atoms with Crippen LogP contribution in [0.1, 0.15) is 0 Å². The Hall–Kier alpha value is -0.420. The number of hydrogen-bond donors (Lipinski definition) is 2. The van der Waals surface area contributed by atoms with Gasteiger partial charge in [-0.05, 0) is 0 Å². The van der Waals surface area contributed by atoms with Crippen LogP contribution in [0.2, 0.25) is 0 Å². The van der Waals surface area contributed by atoms with Gasteiger partial charge in [-0.2, -0.15) is 0 Å². The maximum absolute atomic E-state index is 10.5. The van der Waals surface area contributed by atoms with Crippen LogP contribution in [-0.2, 0) is 15.6 Å². The van der Waals surface area contributed by atoms with E-state index in [4.69, 9.17) is 5.11 Å². The van der Waals surface area contributed by atoms with E-state index in [0.29, 0.717) is 5.88 Å². The second-order valence-electron chi connectivity index (χ2n) is 1.85. The Balaban J connectivity index is 2.48. The molecule has 1 saturated heterocycles. The van der Waals surface area contributed by atoms with E-state index in [1.807, 2.05) is 0 Å². The van der Waals surface area contributed by atoms with E-state index in [-0.39, 0.29) is 5.75 Å². The first-order valence-electron chi connectivity index (χ1n) is 2.51. The van der Waals surface area contributed by atoms with E-state index in [0.717, 1.165) is 0 Å². The minimum Gasteiger partial charge on any atom is -0.480 e. The molecular weight excluding hydrogens is 142 g/mol. The molecule has 0 spiro atoms. The third-order valence-corrected chi connectivity index (χ3v) is 2.34. The van der Waals surface area contributed by atoms with Crippen molar-refractivity contribution in [1.29, 1.82) is 0 Å². The zero-order valence-electron chi connectivity index (χ0n) is 4.66. The summed E-state index contributed by atoms with van der Waals surface area (Å²) in [6, 6.07) is -0.592. The lowest BCUT2D eigenvalue weighted by atomic mass is 10.4. The standard InChI is InChI=1S/C4H7NO3S/c6-4(7)3-1-9(8)2-5-3/h3,5H,1-2H2,(H,6,7)/t3-,9?/m1/s1. The Kier molecular flexibility index (Phi) is 1.82. The monoisotopic (exact) mass is 149 g/mol. The van der Waals surface area contributed by atoms with Gasteiger partial charge in [0.05, 0.1) is 11.6 Å². The normalized spacial score (nSPS) is 34.7. The van der Waals surface area contributed by atoms with Crippen molar-refractivity contribution in [3.05, 3.63) is 0 Å². The van der Waals surface area contributed by atoms with Crippen molar-refractivity contribution in [3.8, 4) is 0 Å². The molecule has 1 rings (SSSR count). The Morgan fingerprint density at radius 3 is 2.67 bits per heavy atom. The largest absolute Gasteiger partial charge is 0.480 e. The van der Waals surface area contributed by atoms with E-state index in [2.05, 4.69) is 5.32 Å². The van der Waals surface area contributed by atoms with Gasteiger partial charge in [-0.15, -0.1) is 0 Å². The summed E-state index contributed by atoms with van der Waals surface area (Å²) in [6.07, 6.45) is 0. The quantitative estimate of drug-likeness (QED) is 0.489. The molecule has 1 fully saturated rings. The highest BCUT2D eigenvalue weighted by Gasteiger charge is 2.25. The molecule has 0 aliphatic carbocycles. The predicted molar refractivity (Wildman–Crippen MR) is 32.4 cm³/mol. The Morgan fingerprint density at radius 2 is 2.44 bits per heavy atom. The van der Waals surface area contributed by atoms with E-state index >= 15 is 0 Å². The number of aliphatic carboxylic acids is 1. The average molecular weight is 149 g/mol. The fourth-order valence-electron chi connectivity index (χ4n) is 0.656. The fraction of sp³-hybridized carbons (Fsp3) is 0.750. The van der Waals surface area contributed by atoms with Crippen molar-refractivity contribution in [1.82, 2.24) is 5.32 Å². The minimum absolute atomic E-state index is 0.245. The van der Waals surface area contributed by atoms with Crippen molar-refractivity contribution in [2.45, 2.75) is 6.04 Å². The van der Waals surface area contributed by atoms with E-state index < -0.39 is 22.8 Å². The predicted octanol–water partition coefficient (Wildman–Crippen LogP) is -1.25. The molecule has 9 heavy (non-hydrogen) atoms. The molecule has 0 amide bonds. The van der Waals surface area contributed by atoms with Crippen LogP contribution in [-0.4, -0.2) is 33.0 Å². The fourth-order valence-corrected chi connectivity index (χ4v) is 1.79. The first-order valence-corrected chi connectivity index (χ1v) is 4.00. The summed E-state index contributed by atoms with van der Waals surface area (Å²) in [5, 5.41) is 10.9. The molecule has 0 saturated carbocycles. The van der Waals surface area contributed by atoms with Gasteiger partial charge in [0, 0.05) is 10.8 Å². The number of carboxylic acid groups (broad SMARTS) is 1. The number of hydrogen-bond acceptors (Lipinski definition) is 3. The lowest BCUT2D eigenvalue weighted by Crippen LogP contribution is -2.32. The third kappa shape index (κ3) is 1.49. The number of carboxylic acids is 1. The summed E-state index contributed by atoms with van der Waals surface area (Å²) < 4.78 is 10.5. The zero-order valence-corrected chi connectivity index (χ0v) is 5.48. The highest BCUT2D eigenvalue weighted by atomic mass is 32.2. The van der Waals surface area contributed by atoms with Gasteiger partial charge in [0.15, 0.2) is 0 Å². The molecule has 2 atom stereocenters. The van der Waals surface area contributed by atoms with Crippen LogP contribution >= 0.6 is 0 Å². The third-order valence-electron chi connectivity index (χ3n) is 1.14. The van der Waals surface area contributed by atoms with Crippen molar-refractivity contribution < 1.29 is 14.1 Å². The number of rotatable bonds is 1. The lowest BCUT2D eigenvalue weighted by molar-refractivity contribution is -0.138. The lowest BCUT2D eigenvalue weighted by Gasteiger charge is -1.97. The van der Waals surface area contributed by atoms with Crippen molar-refractivity contribution in [2.24, 2.45) is 0 Å². The van der Waals surface area contributed by atoms with E-state index in [9.17, 15) is 9.00 Å². The van der Waals surface area contributed by atoms with E-state index in [1.54, 1.807) is 0 Å². The molecule has 0 aromatic carbocycles. The summed E-state index contributed by atoms with van der Waals surface area (Å²) in [7, 11) is -0.965. The SMILES string of the molecule is O=C(O)[C@H]1CS(=O)CN1. The molecule has 0 bridgehead atoms. The second-order valence-corrected chi connectivity index (χ2v) is 3.35. The molecule has 0 aromatic rings. The average Bonchev–Trinajstić information content (AvgIpc) is 2.14. The van der Waals surface area contributed by atoms with Crippen LogP contribution in [0.4, 0.5) is 0 Å². The minimum atomic E-state index is -0.965. The molecule has 1 aliphatic heterocycles. The smallest absolute Gasteiger partial charge is 0.321 e. The first kappa shape index (κ1) is 6.70. The van der Waals surface area contributed by atoms with Gasteiger partial charge in [0.25, 0.3) is 0 Å². The van der Waals surface area contributed by atoms with Gasteiger partial charge in [-0.25, -0.2) is 0 Å². The van der Waals surface area contributed by atoms with Crippen LogP contribution in [0.5, 0.6) is 0 Å². The highest BCUT2D eigenvalue weighted by molar-refractivity contribution is 7.85. The molecule has 2 N–H and O–H groups in total. The summed E-state index contributed by atoms with van der Waals surface area (Å²) in [6.45, 7) is 0. The van der Waals surface area contributed by atoms with Crippen molar-refractivity contribution in [3.63, 3.8) is 0 Å². The Bertz CT molecular complexity index is 158. The molecule has 1 aliphatic rings. The number of carbonyl (C=O) groups is 1. The van der Waals surface area contributed by atoms with Crippen molar-refractivity contribution in [2.75, 3.05) is 11.6 Å². The van der Waals surface area contributed by atoms with Gasteiger partial charge in [-0.3, -0.25) is 14.3 Å². The first-order chi connectivity index (χ1) is 4.20. The van der Waals surface area contributed by atoms with Gasteiger partial charge in [0.2, 0.25) is 0 Å². The molecule has 4 nitrogen and oxygen atoms in total. The van der Waals surface area contributed by atoms with Crippen LogP contribution in [0.15, 0.2) is 0 Å². The molecule has 5 heteroatoms. The van der Waals surface area contributed by atoms with Gasteiger partial charge in [0.1, 0.15) is 6.04 Å². The molecule has 0 radical (unpaired) electrons. The van der Waals surface area contributed by atoms with Gasteiger partial charge < -0.3 is 5.11 Å². The van der Waals surface area contributed by atoms with Gasteiger partial charge in [-0.1, -0.05) is 0 Å². The summed E-state index contributed by atoms with van der Waals surface area (Å²) in [4.78, 5) is 10.2. The topological polar surface area (TPSA) is 66.4 Å². The van der Waals surface area contributed by atoms with E-state index in [1.165, 1.54) is 0 Å². The Labute approximate surface area is 54.7 Å². The summed E-state index contributed by atoms with van der Waals surface area (Å²) >= 11 is 0. The Morgan fingerprint density at radius 1 is 1.78 bits per heavy atom. The molecule has 1 heterocycles. The maximum Gasteiger partial charge on any atom is 0.321 e. The second kappa shape index (κ2) is 2.45. The zero-order chi connectivity index (χ0) is 6.85. The maximum atomic E-state index is 10.5. The molecule has 0 aromatic heterocycles. The summed E-state index contributed by atoms with van der Waals surface area (Å²) in [5.41, 5.74) is 0. The molecule has 1 unspecified atom stereocenters. The molecule has 52 valence electrons. The summed E-state index contributed by atoms with van der Waals surface area (Å²) in [5.74, 6) is -0.354. The molecular formula is C4H7NO3S. The van der Waals surface area contributed by atoms with Crippen LogP contribution in [0, 0.1) is 0 Å². The van der Waals surface area contributed by atoms with Gasteiger partial charge >= 0.3 is 5.97 Å².